The van der Waals surface area contributed by atoms with Crippen LogP contribution in [0.5, 0.6) is 5.75 Å². The lowest BCUT2D eigenvalue weighted by Gasteiger charge is -2.36. The fourth-order valence-electron chi connectivity index (χ4n) is 5.21. The first-order chi connectivity index (χ1) is 16.5. The van der Waals surface area contributed by atoms with Crippen LogP contribution in [0.4, 0.5) is 11.4 Å². The third-order valence-corrected chi connectivity index (χ3v) is 7.22. The minimum absolute atomic E-state index is 0.101. The van der Waals surface area contributed by atoms with Gasteiger partial charge >= 0.3 is 0 Å². The van der Waals surface area contributed by atoms with Crippen LogP contribution in [0.3, 0.4) is 0 Å². The number of benzene rings is 2. The molecule has 0 spiro atoms. The molecule has 2 aliphatic heterocycles. The standard InChI is InChI=1S/C29H41N3O2/c1-4-5-23-14-17-31(18-15-23)27-16-19-32(20-27)26-10-8-25(9-11-26)30-29(33)24-6-12-28(13-7-24)34-21-22(2)3/h6-13,22-23,27H,4-5,14-21H2,1-3H3,(H,30,33). The molecule has 184 valence electrons. The van der Waals surface area contributed by atoms with Crippen molar-refractivity contribution >= 4 is 17.3 Å². The zero-order chi connectivity index (χ0) is 23.9. The SMILES string of the molecule is CCCC1CCN(C2CCN(c3ccc(NC(=O)c4ccc(OCC(C)C)cc4)cc3)C2)CC1. The summed E-state index contributed by atoms with van der Waals surface area (Å²) in [6.45, 7) is 12.0. The maximum atomic E-state index is 12.6. The molecular weight excluding hydrogens is 422 g/mol. The number of nitrogens with zero attached hydrogens (tertiary/aromatic N) is 2. The summed E-state index contributed by atoms with van der Waals surface area (Å²) in [6.07, 6.45) is 6.69. The molecule has 2 aromatic rings. The maximum Gasteiger partial charge on any atom is 0.255 e. The van der Waals surface area contributed by atoms with Gasteiger partial charge in [0.2, 0.25) is 0 Å². The molecule has 1 amide bonds. The van der Waals surface area contributed by atoms with Gasteiger partial charge in [-0.05, 0) is 92.7 Å². The van der Waals surface area contributed by atoms with Crippen LogP contribution in [-0.2, 0) is 0 Å². The summed E-state index contributed by atoms with van der Waals surface area (Å²) in [4.78, 5) is 17.9. The van der Waals surface area contributed by atoms with Crippen LogP contribution < -0.4 is 15.0 Å². The zero-order valence-electron chi connectivity index (χ0n) is 21.1. The molecule has 5 nitrogen and oxygen atoms in total. The molecule has 5 heteroatoms. The number of nitrogens with one attached hydrogen (secondary N) is 1. The van der Waals surface area contributed by atoms with Crippen LogP contribution in [0.25, 0.3) is 0 Å². The Kier molecular flexibility index (Phi) is 8.49. The Balaban J connectivity index is 1.26. The van der Waals surface area contributed by atoms with Gasteiger partial charge in [-0.25, -0.2) is 0 Å². The third-order valence-electron chi connectivity index (χ3n) is 7.22. The van der Waals surface area contributed by atoms with E-state index in [2.05, 4.69) is 48.0 Å². The number of carbonyl (C=O) groups is 1. The normalized spacial score (nSPS) is 19.5. The lowest BCUT2D eigenvalue weighted by molar-refractivity contribution is 0.102. The molecule has 0 saturated carbocycles. The van der Waals surface area contributed by atoms with Crippen molar-refractivity contribution in [1.29, 1.82) is 0 Å². The molecule has 1 unspecified atom stereocenters. The Bertz CT molecular complexity index is 902. The van der Waals surface area contributed by atoms with Crippen LogP contribution in [0.2, 0.25) is 0 Å². The van der Waals surface area contributed by atoms with E-state index in [0.29, 0.717) is 24.1 Å². The van der Waals surface area contributed by atoms with E-state index < -0.39 is 0 Å². The summed E-state index contributed by atoms with van der Waals surface area (Å²) in [5.74, 6) is 2.11. The Labute approximate surface area is 205 Å². The van der Waals surface area contributed by atoms with Gasteiger partial charge in [0.1, 0.15) is 5.75 Å². The lowest BCUT2D eigenvalue weighted by atomic mass is 9.91. The molecule has 2 saturated heterocycles. The first-order valence-corrected chi connectivity index (χ1v) is 13.1. The van der Waals surface area contributed by atoms with E-state index in [0.717, 1.165) is 30.4 Å². The lowest BCUT2D eigenvalue weighted by Crippen LogP contribution is -2.42. The van der Waals surface area contributed by atoms with Crippen LogP contribution in [-0.4, -0.2) is 49.6 Å². The number of amides is 1. The van der Waals surface area contributed by atoms with Crippen LogP contribution in [0.1, 0.15) is 63.2 Å². The van der Waals surface area contributed by atoms with Crippen LogP contribution in [0.15, 0.2) is 48.5 Å². The van der Waals surface area contributed by atoms with E-state index in [4.69, 9.17) is 4.74 Å². The molecule has 2 heterocycles. The topological polar surface area (TPSA) is 44.8 Å². The van der Waals surface area contributed by atoms with Crippen molar-refractivity contribution in [2.75, 3.05) is 43.0 Å². The van der Waals surface area contributed by atoms with Gasteiger partial charge < -0.3 is 15.0 Å². The number of ether oxygens (including phenoxy) is 1. The molecule has 0 radical (unpaired) electrons. The Morgan fingerprint density at radius 3 is 2.35 bits per heavy atom. The van der Waals surface area contributed by atoms with Crippen molar-refractivity contribution in [3.63, 3.8) is 0 Å². The molecular formula is C29H41N3O2. The van der Waals surface area contributed by atoms with Crippen molar-refractivity contribution in [1.82, 2.24) is 4.90 Å². The fourth-order valence-corrected chi connectivity index (χ4v) is 5.21. The van der Waals surface area contributed by atoms with Crippen LogP contribution in [0, 0.1) is 11.8 Å². The predicted octanol–water partition coefficient (Wildman–Crippen LogP) is 6.06. The molecule has 34 heavy (non-hydrogen) atoms. The number of piperidine rings is 1. The minimum Gasteiger partial charge on any atom is -0.493 e. The molecule has 2 aromatic carbocycles. The van der Waals surface area contributed by atoms with Crippen molar-refractivity contribution < 1.29 is 9.53 Å². The molecule has 2 fully saturated rings. The van der Waals surface area contributed by atoms with E-state index >= 15 is 0 Å². The van der Waals surface area contributed by atoms with E-state index in [-0.39, 0.29) is 5.91 Å². The number of anilines is 2. The first kappa shape index (κ1) is 24.6. The summed E-state index contributed by atoms with van der Waals surface area (Å²) in [5.41, 5.74) is 2.70. The number of hydrogen-bond donors (Lipinski definition) is 1. The van der Waals surface area contributed by atoms with E-state index in [1.807, 2.05) is 36.4 Å². The largest absolute Gasteiger partial charge is 0.493 e. The van der Waals surface area contributed by atoms with Gasteiger partial charge in [0.25, 0.3) is 5.91 Å². The fraction of sp³-hybridized carbons (Fsp3) is 0.552. The van der Waals surface area contributed by atoms with Gasteiger partial charge in [0.05, 0.1) is 6.61 Å². The van der Waals surface area contributed by atoms with Gasteiger partial charge in [-0.1, -0.05) is 33.6 Å². The Morgan fingerprint density at radius 1 is 1.00 bits per heavy atom. The average molecular weight is 464 g/mol. The zero-order valence-corrected chi connectivity index (χ0v) is 21.1. The monoisotopic (exact) mass is 463 g/mol. The van der Waals surface area contributed by atoms with Gasteiger partial charge in [-0.15, -0.1) is 0 Å². The highest BCUT2D eigenvalue weighted by molar-refractivity contribution is 6.04. The van der Waals surface area contributed by atoms with Gasteiger partial charge in [-0.2, -0.15) is 0 Å². The number of carbonyl (C=O) groups excluding carboxylic acids is 1. The molecule has 1 atom stereocenters. The van der Waals surface area contributed by atoms with Gasteiger partial charge in [-0.3, -0.25) is 9.69 Å². The second-order valence-electron chi connectivity index (χ2n) is 10.4. The Morgan fingerprint density at radius 2 is 1.71 bits per heavy atom. The van der Waals surface area contributed by atoms with Crippen molar-refractivity contribution in [3.8, 4) is 5.75 Å². The average Bonchev–Trinajstić information content (AvgIpc) is 3.34. The minimum atomic E-state index is -0.101. The number of rotatable bonds is 9. The molecule has 2 aliphatic rings. The second-order valence-corrected chi connectivity index (χ2v) is 10.4. The molecule has 0 bridgehead atoms. The van der Waals surface area contributed by atoms with Crippen molar-refractivity contribution in [2.45, 2.75) is 58.9 Å². The predicted molar refractivity (Wildman–Crippen MR) is 141 cm³/mol. The summed E-state index contributed by atoms with van der Waals surface area (Å²) >= 11 is 0. The molecule has 0 aromatic heterocycles. The van der Waals surface area contributed by atoms with Crippen LogP contribution >= 0.6 is 0 Å². The first-order valence-electron chi connectivity index (χ1n) is 13.1. The summed E-state index contributed by atoms with van der Waals surface area (Å²) < 4.78 is 5.70. The molecule has 4 rings (SSSR count). The smallest absolute Gasteiger partial charge is 0.255 e. The summed E-state index contributed by atoms with van der Waals surface area (Å²) in [6, 6.07) is 16.3. The van der Waals surface area contributed by atoms with Crippen molar-refractivity contribution in [3.05, 3.63) is 54.1 Å². The van der Waals surface area contributed by atoms with Crippen molar-refractivity contribution in [2.24, 2.45) is 11.8 Å². The summed E-state index contributed by atoms with van der Waals surface area (Å²) in [7, 11) is 0. The quantitative estimate of drug-likeness (QED) is 0.491. The molecule has 0 aliphatic carbocycles. The second kappa shape index (κ2) is 11.7. The molecule has 1 N–H and O–H groups in total. The van der Waals surface area contributed by atoms with E-state index in [1.165, 1.54) is 50.9 Å². The van der Waals surface area contributed by atoms with Gasteiger partial charge in [0.15, 0.2) is 0 Å². The third kappa shape index (κ3) is 6.53. The maximum absolute atomic E-state index is 12.6. The summed E-state index contributed by atoms with van der Waals surface area (Å²) in [5, 5.41) is 3.01. The van der Waals surface area contributed by atoms with Gasteiger partial charge in [0, 0.05) is 36.1 Å². The van der Waals surface area contributed by atoms with E-state index in [1.54, 1.807) is 0 Å². The highest BCUT2D eigenvalue weighted by Gasteiger charge is 2.30. The van der Waals surface area contributed by atoms with E-state index in [9.17, 15) is 4.79 Å². The number of hydrogen-bond acceptors (Lipinski definition) is 4. The number of likely N-dealkylation sites (tertiary alicyclic amines) is 1. The highest BCUT2D eigenvalue weighted by atomic mass is 16.5. The highest BCUT2D eigenvalue weighted by Crippen LogP contribution is 2.29. The Hall–Kier alpha value is -2.53.